The van der Waals surface area contributed by atoms with Crippen LogP contribution in [0.25, 0.3) is 5.69 Å². The molecule has 2 aliphatic rings. The summed E-state index contributed by atoms with van der Waals surface area (Å²) in [4.78, 5) is 55.4. The quantitative estimate of drug-likeness (QED) is 0.0654. The lowest BCUT2D eigenvalue weighted by Gasteiger charge is -2.63. The third-order valence-corrected chi connectivity index (χ3v) is 13.4. The maximum Gasteiger partial charge on any atom is 0.246 e. The van der Waals surface area contributed by atoms with Crippen molar-refractivity contribution in [2.45, 2.75) is 111 Å². The van der Waals surface area contributed by atoms with Gasteiger partial charge >= 0.3 is 0 Å². The summed E-state index contributed by atoms with van der Waals surface area (Å²) in [5.74, 6) is 0.404. The van der Waals surface area contributed by atoms with E-state index in [2.05, 4.69) is 39.1 Å². The third kappa shape index (κ3) is 11.9. The number of ketones is 2. The second-order valence-corrected chi connectivity index (χ2v) is 20.1. The molecule has 2 amide bonds. The van der Waals surface area contributed by atoms with Crippen LogP contribution in [-0.4, -0.2) is 88.6 Å². The molecule has 0 unspecified atom stereocenters. The fraction of sp³-hybridized carbons (Fsp3) is 0.481. The SMILES string of the molecule is CC1(C)C(CC(=O)c2ccc(OCCCCOCC(=O)N[C@H](C(=O)N3C[C@H](O)C[C@H]3C(=O)CCc3ccc(-n4cccc4)cc3)C(C)(C)C)cc2)C(C)(C)C1Oc1ccc(C#N)c(Cl)c1. The number of unbranched alkanes of at least 4 members (excludes halogenated alkanes) is 1. The number of nitrogens with zero attached hydrogens (tertiary/aromatic N) is 3. The number of aryl methyl sites for hydroxylation is 1. The monoisotopic (exact) mass is 906 g/mol. The number of hydrogen-bond donors (Lipinski definition) is 2. The number of aromatic nitrogens is 1. The molecule has 13 heteroatoms. The van der Waals surface area contributed by atoms with E-state index < -0.39 is 35.4 Å². The maximum atomic E-state index is 14.0. The summed E-state index contributed by atoms with van der Waals surface area (Å²) in [6.07, 6.45) is 5.51. The molecule has 0 spiro atoms. The number of carbonyl (C=O) groups is 4. The molecule has 1 aliphatic carbocycles. The van der Waals surface area contributed by atoms with Gasteiger partial charge in [0, 0.05) is 73.0 Å². The smallest absolute Gasteiger partial charge is 0.246 e. The number of ether oxygens (including phenoxy) is 3. The van der Waals surface area contributed by atoms with E-state index in [1.54, 1.807) is 42.5 Å². The summed E-state index contributed by atoms with van der Waals surface area (Å²) in [7, 11) is 0. The number of carbonyl (C=O) groups excluding carboxylic acids is 4. The van der Waals surface area contributed by atoms with E-state index >= 15 is 0 Å². The topological polar surface area (TPSA) is 160 Å². The van der Waals surface area contributed by atoms with Gasteiger partial charge in [-0.15, -0.1) is 0 Å². The molecule has 65 heavy (non-hydrogen) atoms. The molecule has 0 radical (unpaired) electrons. The van der Waals surface area contributed by atoms with E-state index in [0.717, 1.165) is 11.3 Å². The fourth-order valence-corrected chi connectivity index (χ4v) is 9.88. The molecular weight excluding hydrogens is 844 g/mol. The maximum absolute atomic E-state index is 14.0. The number of halogens is 1. The van der Waals surface area contributed by atoms with Crippen molar-refractivity contribution in [2.75, 3.05) is 26.4 Å². The summed E-state index contributed by atoms with van der Waals surface area (Å²) in [6, 6.07) is 24.5. The zero-order valence-electron chi connectivity index (χ0n) is 38.6. The summed E-state index contributed by atoms with van der Waals surface area (Å²) in [6.45, 7) is 14.5. The van der Waals surface area contributed by atoms with Crippen LogP contribution in [-0.2, 0) is 25.5 Å². The van der Waals surface area contributed by atoms with Crippen LogP contribution < -0.4 is 14.8 Å². The first-order valence-electron chi connectivity index (χ1n) is 22.5. The molecule has 2 N–H and O–H groups in total. The van der Waals surface area contributed by atoms with Gasteiger partial charge in [-0.05, 0) is 96.8 Å². The molecule has 12 nitrogen and oxygen atoms in total. The minimum absolute atomic E-state index is 0.0264. The van der Waals surface area contributed by atoms with Crippen molar-refractivity contribution in [1.82, 2.24) is 14.8 Å². The fourth-order valence-electron chi connectivity index (χ4n) is 9.67. The lowest BCUT2D eigenvalue weighted by atomic mass is 9.44. The normalized spacial score (nSPS) is 20.3. The first kappa shape index (κ1) is 49.0. The highest BCUT2D eigenvalue weighted by atomic mass is 35.5. The third-order valence-electron chi connectivity index (χ3n) is 13.1. The number of nitrogens with one attached hydrogen (secondary N) is 1. The van der Waals surface area contributed by atoms with Gasteiger partial charge in [-0.3, -0.25) is 19.2 Å². The predicted octanol–water partition coefficient (Wildman–Crippen LogP) is 8.58. The number of hydrogen-bond acceptors (Lipinski definition) is 9. The molecule has 3 aromatic carbocycles. The zero-order chi connectivity index (χ0) is 47.1. The highest BCUT2D eigenvalue weighted by molar-refractivity contribution is 6.31. The van der Waals surface area contributed by atoms with Crippen molar-refractivity contribution in [3.63, 3.8) is 0 Å². The van der Waals surface area contributed by atoms with Gasteiger partial charge in [0.2, 0.25) is 11.8 Å². The van der Waals surface area contributed by atoms with Gasteiger partial charge in [0.1, 0.15) is 36.3 Å². The first-order chi connectivity index (χ1) is 30.8. The Balaban J connectivity index is 0.893. The van der Waals surface area contributed by atoms with Crippen LogP contribution in [0.5, 0.6) is 11.5 Å². The second-order valence-electron chi connectivity index (χ2n) is 19.7. The summed E-state index contributed by atoms with van der Waals surface area (Å²) in [5, 5.41) is 23.0. The lowest BCUT2D eigenvalue weighted by molar-refractivity contribution is -0.196. The van der Waals surface area contributed by atoms with E-state index in [9.17, 15) is 29.5 Å². The van der Waals surface area contributed by atoms with Crippen LogP contribution in [0.3, 0.4) is 0 Å². The molecular formula is C52H63ClN4O8. The molecule has 1 saturated carbocycles. The Bertz CT molecular complexity index is 2310. The Kier molecular flexibility index (Phi) is 15.7. The van der Waals surface area contributed by atoms with E-state index in [4.69, 9.17) is 25.8 Å². The molecule has 4 aromatic rings. The van der Waals surface area contributed by atoms with Crippen molar-refractivity contribution in [3.8, 4) is 23.3 Å². The Labute approximate surface area is 388 Å². The summed E-state index contributed by atoms with van der Waals surface area (Å²) >= 11 is 6.24. The van der Waals surface area contributed by atoms with Gasteiger partial charge in [-0.25, -0.2) is 0 Å². The number of Topliss-reactive ketones (excluding diaryl/α,β-unsaturated/α-hetero) is 2. The van der Waals surface area contributed by atoms with Gasteiger partial charge in [0.15, 0.2) is 11.6 Å². The molecule has 1 aromatic heterocycles. The molecule has 1 aliphatic heterocycles. The number of β-amino-alcohol motifs (C(OH)–C–C–N with tert-alkyl or cyclic N) is 1. The van der Waals surface area contributed by atoms with Gasteiger partial charge in [-0.1, -0.05) is 72.2 Å². The Hall–Kier alpha value is -5.48. The minimum atomic E-state index is -0.930. The molecule has 1 saturated heterocycles. The first-order valence-corrected chi connectivity index (χ1v) is 22.9. The molecule has 2 fully saturated rings. The van der Waals surface area contributed by atoms with Crippen molar-refractivity contribution < 1.29 is 38.5 Å². The molecule has 346 valence electrons. The second kappa shape index (κ2) is 20.8. The predicted molar refractivity (Wildman–Crippen MR) is 249 cm³/mol. The largest absolute Gasteiger partial charge is 0.494 e. The average molecular weight is 908 g/mol. The summed E-state index contributed by atoms with van der Waals surface area (Å²) < 4.78 is 20.0. The number of aliphatic hydroxyl groups excluding tert-OH is 1. The van der Waals surface area contributed by atoms with Crippen molar-refractivity contribution >= 4 is 35.0 Å². The van der Waals surface area contributed by atoms with Crippen molar-refractivity contribution in [3.05, 3.63) is 113 Å². The van der Waals surface area contributed by atoms with Gasteiger partial charge in [0.25, 0.3) is 0 Å². The number of nitriles is 1. The van der Waals surface area contributed by atoms with E-state index in [1.807, 2.05) is 74.1 Å². The average Bonchev–Trinajstić information content (AvgIpc) is 3.96. The Morgan fingerprint density at radius 2 is 1.57 bits per heavy atom. The standard InChI is InChI=1S/C52H63ClN4O8/c1-50(2,3)47(48(62)57-32-38(58)28-42(57)43(59)23-14-34-12-18-37(19-13-34)56-24-8-9-25-56)55-46(61)33-63-26-10-11-27-64-39-20-15-35(16-21-39)44(60)30-45-51(4,5)49(52(45,6)7)65-40-22-17-36(31-54)41(53)29-40/h8-9,12-13,15-22,24-25,29,38,42,45,47,49,58H,10-11,14,23,26-28,30,32-33H2,1-7H3,(H,55,61)/t38-,42+,45?,47-,49?/m1/s1. The Morgan fingerprint density at radius 3 is 2.20 bits per heavy atom. The molecule has 6 rings (SSSR count). The van der Waals surface area contributed by atoms with Crippen LogP contribution >= 0.6 is 11.6 Å². The van der Waals surface area contributed by atoms with Crippen LogP contribution in [0.4, 0.5) is 0 Å². The highest BCUT2D eigenvalue weighted by Crippen LogP contribution is 2.61. The zero-order valence-corrected chi connectivity index (χ0v) is 39.4. The highest BCUT2D eigenvalue weighted by Gasteiger charge is 2.63. The van der Waals surface area contributed by atoms with E-state index in [-0.39, 0.29) is 60.4 Å². The summed E-state index contributed by atoms with van der Waals surface area (Å²) in [5.41, 5.74) is 1.79. The molecule has 3 atom stereocenters. The minimum Gasteiger partial charge on any atom is -0.494 e. The van der Waals surface area contributed by atoms with Crippen LogP contribution in [0, 0.1) is 33.5 Å². The van der Waals surface area contributed by atoms with Crippen molar-refractivity contribution in [1.29, 1.82) is 5.26 Å². The van der Waals surface area contributed by atoms with Crippen LogP contribution in [0.2, 0.25) is 5.02 Å². The lowest BCUT2D eigenvalue weighted by Crippen LogP contribution is -2.66. The van der Waals surface area contributed by atoms with Gasteiger partial charge < -0.3 is 34.1 Å². The number of aliphatic hydroxyl groups is 1. The van der Waals surface area contributed by atoms with Gasteiger partial charge in [0.05, 0.1) is 29.3 Å². The number of amides is 2. The number of likely N-dealkylation sites (tertiary alicyclic amines) is 1. The van der Waals surface area contributed by atoms with Crippen molar-refractivity contribution in [2.24, 2.45) is 22.2 Å². The molecule has 0 bridgehead atoms. The van der Waals surface area contributed by atoms with Crippen LogP contribution in [0.15, 0.2) is 91.3 Å². The molecule has 2 heterocycles. The van der Waals surface area contributed by atoms with Crippen LogP contribution in [0.1, 0.15) is 102 Å². The number of benzene rings is 3. The van der Waals surface area contributed by atoms with E-state index in [1.165, 1.54) is 4.90 Å². The van der Waals surface area contributed by atoms with Gasteiger partial charge in [-0.2, -0.15) is 5.26 Å². The number of rotatable bonds is 20. The van der Waals surface area contributed by atoms with E-state index in [0.29, 0.717) is 66.5 Å². The Morgan fingerprint density at radius 1 is 0.923 bits per heavy atom.